The van der Waals surface area contributed by atoms with E-state index in [4.69, 9.17) is 0 Å². The van der Waals surface area contributed by atoms with Crippen molar-refractivity contribution in [1.82, 2.24) is 10.2 Å². The minimum atomic E-state index is 0.882. The van der Waals surface area contributed by atoms with Crippen LogP contribution in [-0.4, -0.2) is 38.6 Å². The Morgan fingerprint density at radius 1 is 1.54 bits per heavy atom. The quantitative estimate of drug-likeness (QED) is 0.713. The number of nitrogens with zero attached hydrogens (tertiary/aromatic N) is 1. The fourth-order valence-corrected chi connectivity index (χ4v) is 2.50. The third-order valence-corrected chi connectivity index (χ3v) is 3.32. The molecule has 0 spiro atoms. The third kappa shape index (κ3) is 3.28. The first-order valence-electron chi connectivity index (χ1n) is 5.61. The molecule has 0 bridgehead atoms. The second-order valence-electron chi connectivity index (χ2n) is 4.39. The molecule has 0 saturated carbocycles. The molecule has 1 fully saturated rings. The van der Waals surface area contributed by atoms with Crippen LogP contribution in [0.2, 0.25) is 0 Å². The summed E-state index contributed by atoms with van der Waals surface area (Å²) in [5, 5.41) is 3.31. The minimum absolute atomic E-state index is 0.882. The van der Waals surface area contributed by atoms with Gasteiger partial charge in [0.25, 0.3) is 0 Å². The molecular weight excluding hydrogens is 160 g/mol. The standard InChI is InChI=1S/C11H24N2/c1-4-10(8-12-2)11-6-5-7-13(3)9-11/h10-12H,4-9H2,1-3H3. The first kappa shape index (κ1) is 11.0. The van der Waals surface area contributed by atoms with E-state index in [2.05, 4.69) is 31.2 Å². The maximum absolute atomic E-state index is 3.31. The summed E-state index contributed by atoms with van der Waals surface area (Å²) < 4.78 is 0. The molecule has 0 aromatic carbocycles. The van der Waals surface area contributed by atoms with Gasteiger partial charge in [-0.05, 0) is 51.9 Å². The van der Waals surface area contributed by atoms with Crippen LogP contribution in [0.3, 0.4) is 0 Å². The first-order chi connectivity index (χ1) is 6.27. The molecule has 78 valence electrons. The van der Waals surface area contributed by atoms with Gasteiger partial charge in [-0.15, -0.1) is 0 Å². The van der Waals surface area contributed by atoms with Crippen molar-refractivity contribution in [3.8, 4) is 0 Å². The normalized spacial score (nSPS) is 27.5. The topological polar surface area (TPSA) is 15.3 Å². The molecule has 0 aromatic heterocycles. The summed E-state index contributed by atoms with van der Waals surface area (Å²) in [4.78, 5) is 2.48. The van der Waals surface area contributed by atoms with E-state index < -0.39 is 0 Å². The molecule has 2 heteroatoms. The van der Waals surface area contributed by atoms with E-state index in [1.807, 2.05) is 0 Å². The molecule has 0 amide bonds. The molecule has 1 saturated heterocycles. The van der Waals surface area contributed by atoms with Gasteiger partial charge < -0.3 is 10.2 Å². The van der Waals surface area contributed by atoms with Gasteiger partial charge in [0.1, 0.15) is 0 Å². The maximum atomic E-state index is 3.31. The number of likely N-dealkylation sites (tertiary alicyclic amines) is 1. The van der Waals surface area contributed by atoms with Gasteiger partial charge in [0, 0.05) is 6.54 Å². The molecule has 1 N–H and O–H groups in total. The fourth-order valence-electron chi connectivity index (χ4n) is 2.50. The zero-order valence-corrected chi connectivity index (χ0v) is 9.34. The molecule has 0 radical (unpaired) electrons. The summed E-state index contributed by atoms with van der Waals surface area (Å²) in [5.41, 5.74) is 0. The largest absolute Gasteiger partial charge is 0.319 e. The number of piperidine rings is 1. The van der Waals surface area contributed by atoms with Crippen molar-refractivity contribution in [2.75, 3.05) is 33.7 Å². The zero-order valence-electron chi connectivity index (χ0n) is 9.34. The highest BCUT2D eigenvalue weighted by atomic mass is 15.1. The lowest BCUT2D eigenvalue weighted by molar-refractivity contribution is 0.155. The molecule has 2 nitrogen and oxygen atoms in total. The van der Waals surface area contributed by atoms with E-state index in [1.165, 1.54) is 38.9 Å². The Morgan fingerprint density at radius 3 is 2.85 bits per heavy atom. The predicted molar refractivity (Wildman–Crippen MR) is 57.9 cm³/mol. The zero-order chi connectivity index (χ0) is 9.68. The van der Waals surface area contributed by atoms with Crippen molar-refractivity contribution < 1.29 is 0 Å². The van der Waals surface area contributed by atoms with Crippen LogP contribution < -0.4 is 5.32 Å². The van der Waals surface area contributed by atoms with Gasteiger partial charge in [-0.1, -0.05) is 13.3 Å². The highest BCUT2D eigenvalue weighted by molar-refractivity contribution is 4.77. The molecule has 13 heavy (non-hydrogen) atoms. The predicted octanol–water partition coefficient (Wildman–Crippen LogP) is 1.57. The third-order valence-electron chi connectivity index (χ3n) is 3.32. The van der Waals surface area contributed by atoms with Crippen molar-refractivity contribution in [2.24, 2.45) is 11.8 Å². The Balaban J connectivity index is 2.37. The molecule has 1 aliphatic rings. The van der Waals surface area contributed by atoms with E-state index in [-0.39, 0.29) is 0 Å². The van der Waals surface area contributed by atoms with Gasteiger partial charge in [-0.25, -0.2) is 0 Å². The van der Waals surface area contributed by atoms with E-state index in [0.717, 1.165) is 11.8 Å². The average molecular weight is 184 g/mol. The molecule has 1 aliphatic heterocycles. The van der Waals surface area contributed by atoms with Crippen molar-refractivity contribution in [3.63, 3.8) is 0 Å². The van der Waals surface area contributed by atoms with Crippen molar-refractivity contribution in [3.05, 3.63) is 0 Å². The van der Waals surface area contributed by atoms with E-state index in [0.29, 0.717) is 0 Å². The van der Waals surface area contributed by atoms with Crippen LogP contribution in [0.4, 0.5) is 0 Å². The number of hydrogen-bond donors (Lipinski definition) is 1. The van der Waals surface area contributed by atoms with Crippen LogP contribution >= 0.6 is 0 Å². The molecule has 0 aromatic rings. The summed E-state index contributed by atoms with van der Waals surface area (Å²) in [7, 11) is 4.31. The van der Waals surface area contributed by atoms with E-state index >= 15 is 0 Å². The maximum Gasteiger partial charge on any atom is 0.000974 e. The van der Waals surface area contributed by atoms with Gasteiger partial charge in [0.15, 0.2) is 0 Å². The summed E-state index contributed by atoms with van der Waals surface area (Å²) in [6.07, 6.45) is 4.14. The van der Waals surface area contributed by atoms with Crippen LogP contribution in [0.25, 0.3) is 0 Å². The van der Waals surface area contributed by atoms with Gasteiger partial charge in [-0.3, -0.25) is 0 Å². The molecule has 2 atom stereocenters. The van der Waals surface area contributed by atoms with Crippen LogP contribution in [-0.2, 0) is 0 Å². The molecule has 0 aliphatic carbocycles. The highest BCUT2D eigenvalue weighted by Crippen LogP contribution is 2.24. The fraction of sp³-hybridized carbons (Fsp3) is 1.00. The first-order valence-corrected chi connectivity index (χ1v) is 5.61. The van der Waals surface area contributed by atoms with Crippen LogP contribution in [0.15, 0.2) is 0 Å². The molecule has 1 heterocycles. The van der Waals surface area contributed by atoms with Crippen molar-refractivity contribution in [1.29, 1.82) is 0 Å². The van der Waals surface area contributed by atoms with Gasteiger partial charge in [-0.2, -0.15) is 0 Å². The smallest absolute Gasteiger partial charge is 0.000974 e. The highest BCUT2D eigenvalue weighted by Gasteiger charge is 2.23. The second kappa shape index (κ2) is 5.61. The van der Waals surface area contributed by atoms with Crippen molar-refractivity contribution >= 4 is 0 Å². The number of rotatable bonds is 4. The van der Waals surface area contributed by atoms with Crippen molar-refractivity contribution in [2.45, 2.75) is 26.2 Å². The average Bonchev–Trinajstić information content (AvgIpc) is 2.14. The minimum Gasteiger partial charge on any atom is -0.319 e. The summed E-state index contributed by atoms with van der Waals surface area (Å²) in [6, 6.07) is 0. The summed E-state index contributed by atoms with van der Waals surface area (Å²) in [6.45, 7) is 6.11. The second-order valence-corrected chi connectivity index (χ2v) is 4.39. The van der Waals surface area contributed by atoms with Crippen LogP contribution in [0.5, 0.6) is 0 Å². The van der Waals surface area contributed by atoms with E-state index in [9.17, 15) is 0 Å². The van der Waals surface area contributed by atoms with Gasteiger partial charge in [0.2, 0.25) is 0 Å². The number of hydrogen-bond acceptors (Lipinski definition) is 2. The molecule has 1 rings (SSSR count). The molecule has 2 unspecified atom stereocenters. The Kier molecular flexibility index (Phi) is 4.74. The monoisotopic (exact) mass is 184 g/mol. The Labute approximate surface area is 82.7 Å². The lowest BCUT2D eigenvalue weighted by atomic mass is 9.84. The summed E-state index contributed by atoms with van der Waals surface area (Å²) >= 11 is 0. The summed E-state index contributed by atoms with van der Waals surface area (Å²) in [5.74, 6) is 1.81. The van der Waals surface area contributed by atoms with Crippen LogP contribution in [0, 0.1) is 11.8 Å². The Hall–Kier alpha value is -0.0800. The van der Waals surface area contributed by atoms with Gasteiger partial charge >= 0.3 is 0 Å². The lowest BCUT2D eigenvalue weighted by Gasteiger charge is -2.34. The lowest BCUT2D eigenvalue weighted by Crippen LogP contribution is -2.38. The van der Waals surface area contributed by atoms with E-state index in [1.54, 1.807) is 0 Å². The Morgan fingerprint density at radius 2 is 2.31 bits per heavy atom. The van der Waals surface area contributed by atoms with Gasteiger partial charge in [0.05, 0.1) is 0 Å². The number of nitrogens with one attached hydrogen (secondary N) is 1. The SMILES string of the molecule is CCC(CNC)C1CCCN(C)C1. The Bertz CT molecular complexity index is 136. The van der Waals surface area contributed by atoms with Crippen LogP contribution in [0.1, 0.15) is 26.2 Å². The molecular formula is C11H24N2.